The van der Waals surface area contributed by atoms with Crippen LogP contribution in [-0.4, -0.2) is 9.91 Å². The first-order valence-electron chi connectivity index (χ1n) is 5.34. The highest BCUT2D eigenvalue weighted by Gasteiger charge is 2.10. The molecule has 5 heteroatoms. The Kier molecular flexibility index (Phi) is 2.53. The molecule has 4 nitrogen and oxygen atoms in total. The van der Waals surface area contributed by atoms with Crippen molar-refractivity contribution in [2.75, 3.05) is 0 Å². The average Bonchev–Trinajstić information content (AvgIpc) is 2.82. The molecule has 0 aliphatic rings. The summed E-state index contributed by atoms with van der Waals surface area (Å²) < 4.78 is 1.08. The van der Waals surface area contributed by atoms with E-state index in [4.69, 9.17) is 0 Å². The largest absolute Gasteiger partial charge is 0.270 e. The van der Waals surface area contributed by atoms with E-state index in [2.05, 4.69) is 4.98 Å². The van der Waals surface area contributed by atoms with Gasteiger partial charge in [-0.15, -0.1) is 11.3 Å². The molecule has 0 amide bonds. The Morgan fingerprint density at radius 1 is 1.11 bits per heavy atom. The van der Waals surface area contributed by atoms with Crippen molar-refractivity contribution in [3.63, 3.8) is 0 Å². The van der Waals surface area contributed by atoms with Crippen LogP contribution in [0.2, 0.25) is 0 Å². The van der Waals surface area contributed by atoms with Gasteiger partial charge in [0, 0.05) is 17.7 Å². The van der Waals surface area contributed by atoms with E-state index in [1.807, 2.05) is 30.3 Å². The normalized spacial score (nSPS) is 10.7. The van der Waals surface area contributed by atoms with Crippen LogP contribution in [0.25, 0.3) is 20.8 Å². The molecule has 0 unspecified atom stereocenters. The van der Waals surface area contributed by atoms with Gasteiger partial charge in [-0.05, 0) is 12.1 Å². The molecule has 3 rings (SSSR count). The van der Waals surface area contributed by atoms with E-state index in [0.717, 1.165) is 20.8 Å². The molecule has 3 aromatic rings. The molecule has 88 valence electrons. The predicted molar refractivity (Wildman–Crippen MR) is 71.7 cm³/mol. The molecule has 2 aromatic carbocycles. The molecular weight excluding hydrogens is 248 g/mol. The molecule has 0 saturated carbocycles. The number of aromatic nitrogens is 1. The van der Waals surface area contributed by atoms with E-state index in [-0.39, 0.29) is 5.69 Å². The lowest BCUT2D eigenvalue weighted by molar-refractivity contribution is -0.384. The summed E-state index contributed by atoms with van der Waals surface area (Å²) >= 11 is 1.54. The lowest BCUT2D eigenvalue weighted by Gasteiger charge is -1.95. The highest BCUT2D eigenvalue weighted by atomic mass is 32.1. The van der Waals surface area contributed by atoms with Crippen molar-refractivity contribution in [1.82, 2.24) is 4.98 Å². The summed E-state index contributed by atoms with van der Waals surface area (Å²) in [4.78, 5) is 14.8. The van der Waals surface area contributed by atoms with Gasteiger partial charge in [0.2, 0.25) is 0 Å². The van der Waals surface area contributed by atoms with E-state index in [0.29, 0.717) is 0 Å². The molecule has 18 heavy (non-hydrogen) atoms. The van der Waals surface area contributed by atoms with Crippen molar-refractivity contribution >= 4 is 27.2 Å². The van der Waals surface area contributed by atoms with E-state index >= 15 is 0 Å². The van der Waals surface area contributed by atoms with Crippen LogP contribution in [0.15, 0.2) is 48.5 Å². The van der Waals surface area contributed by atoms with E-state index in [9.17, 15) is 10.1 Å². The van der Waals surface area contributed by atoms with Gasteiger partial charge >= 0.3 is 0 Å². The van der Waals surface area contributed by atoms with Gasteiger partial charge in [0.05, 0.1) is 15.1 Å². The van der Waals surface area contributed by atoms with Crippen LogP contribution >= 0.6 is 11.3 Å². The number of hydrogen-bond acceptors (Lipinski definition) is 4. The SMILES string of the molecule is O=[N+]([O-])c1cccc(-c2nc3ccccc3s2)c1. The number of non-ortho nitro benzene ring substituents is 1. The lowest BCUT2D eigenvalue weighted by atomic mass is 10.2. The van der Waals surface area contributed by atoms with Gasteiger partial charge in [-0.2, -0.15) is 0 Å². The summed E-state index contributed by atoms with van der Waals surface area (Å²) in [5.74, 6) is 0. The molecule has 0 radical (unpaired) electrons. The molecule has 0 atom stereocenters. The summed E-state index contributed by atoms with van der Waals surface area (Å²) in [5, 5.41) is 11.6. The Morgan fingerprint density at radius 3 is 2.72 bits per heavy atom. The number of hydrogen-bond donors (Lipinski definition) is 0. The molecule has 0 aliphatic carbocycles. The summed E-state index contributed by atoms with van der Waals surface area (Å²) in [5.41, 5.74) is 1.79. The van der Waals surface area contributed by atoms with Crippen LogP contribution < -0.4 is 0 Å². The van der Waals surface area contributed by atoms with Gasteiger partial charge in [-0.3, -0.25) is 10.1 Å². The molecular formula is C13H8N2O2S. The number of thiazole rings is 1. The summed E-state index contributed by atoms with van der Waals surface area (Å²) in [7, 11) is 0. The second kappa shape index (κ2) is 4.19. The Bertz CT molecular complexity index is 703. The summed E-state index contributed by atoms with van der Waals surface area (Å²) in [6.07, 6.45) is 0. The number of para-hydroxylation sites is 1. The molecule has 0 saturated heterocycles. The van der Waals surface area contributed by atoms with Crippen LogP contribution in [0.3, 0.4) is 0 Å². The minimum Gasteiger partial charge on any atom is -0.258 e. The van der Waals surface area contributed by atoms with Crippen molar-refractivity contribution in [2.24, 2.45) is 0 Å². The zero-order chi connectivity index (χ0) is 12.5. The highest BCUT2D eigenvalue weighted by molar-refractivity contribution is 7.21. The first-order valence-corrected chi connectivity index (χ1v) is 6.16. The Hall–Kier alpha value is -2.27. The van der Waals surface area contributed by atoms with E-state index in [1.54, 1.807) is 12.1 Å². The lowest BCUT2D eigenvalue weighted by Crippen LogP contribution is -1.87. The third-order valence-corrected chi connectivity index (χ3v) is 3.68. The molecule has 0 fully saturated rings. The Labute approximate surface area is 107 Å². The number of nitro benzene ring substituents is 1. The fourth-order valence-electron chi connectivity index (χ4n) is 1.75. The molecule has 0 spiro atoms. The molecule has 0 bridgehead atoms. The molecule has 0 N–H and O–H groups in total. The smallest absolute Gasteiger partial charge is 0.258 e. The number of benzene rings is 2. The number of nitrogens with zero attached hydrogens (tertiary/aromatic N) is 2. The third kappa shape index (κ3) is 1.84. The van der Waals surface area contributed by atoms with Crippen LogP contribution in [0.5, 0.6) is 0 Å². The first kappa shape index (κ1) is 10.9. The van der Waals surface area contributed by atoms with Crippen LogP contribution in [0.4, 0.5) is 5.69 Å². The Balaban J connectivity index is 2.13. The number of nitro groups is 1. The minimum absolute atomic E-state index is 0.0896. The first-order chi connectivity index (χ1) is 8.74. The van der Waals surface area contributed by atoms with Crippen molar-refractivity contribution in [3.8, 4) is 10.6 Å². The summed E-state index contributed by atoms with van der Waals surface area (Å²) in [6, 6.07) is 14.4. The van der Waals surface area contributed by atoms with Crippen molar-refractivity contribution < 1.29 is 4.92 Å². The second-order valence-corrected chi connectivity index (χ2v) is 4.82. The fraction of sp³-hybridized carbons (Fsp3) is 0. The predicted octanol–water partition coefficient (Wildman–Crippen LogP) is 3.87. The van der Waals surface area contributed by atoms with Gasteiger partial charge in [-0.25, -0.2) is 4.98 Å². The van der Waals surface area contributed by atoms with Gasteiger partial charge in [0.25, 0.3) is 5.69 Å². The van der Waals surface area contributed by atoms with Crippen LogP contribution in [0, 0.1) is 10.1 Å². The Morgan fingerprint density at radius 2 is 1.94 bits per heavy atom. The topological polar surface area (TPSA) is 56.0 Å². The van der Waals surface area contributed by atoms with Gasteiger partial charge in [0.15, 0.2) is 0 Å². The molecule has 0 aliphatic heterocycles. The monoisotopic (exact) mass is 256 g/mol. The standard InChI is InChI=1S/C13H8N2O2S/c16-15(17)10-5-3-4-9(8-10)13-14-11-6-1-2-7-12(11)18-13/h1-8H. The van der Waals surface area contributed by atoms with E-state index < -0.39 is 4.92 Å². The van der Waals surface area contributed by atoms with Gasteiger partial charge < -0.3 is 0 Å². The van der Waals surface area contributed by atoms with E-state index in [1.165, 1.54) is 17.4 Å². The third-order valence-electron chi connectivity index (χ3n) is 2.60. The fourth-order valence-corrected chi connectivity index (χ4v) is 2.71. The maximum absolute atomic E-state index is 10.7. The van der Waals surface area contributed by atoms with Crippen molar-refractivity contribution in [1.29, 1.82) is 0 Å². The second-order valence-electron chi connectivity index (χ2n) is 3.79. The molecule has 1 aromatic heterocycles. The quantitative estimate of drug-likeness (QED) is 0.516. The average molecular weight is 256 g/mol. The molecule has 1 heterocycles. The number of rotatable bonds is 2. The van der Waals surface area contributed by atoms with Crippen molar-refractivity contribution in [2.45, 2.75) is 0 Å². The maximum atomic E-state index is 10.7. The maximum Gasteiger partial charge on any atom is 0.270 e. The zero-order valence-corrected chi connectivity index (χ0v) is 10.1. The van der Waals surface area contributed by atoms with Gasteiger partial charge in [-0.1, -0.05) is 24.3 Å². The summed E-state index contributed by atoms with van der Waals surface area (Å²) in [6.45, 7) is 0. The van der Waals surface area contributed by atoms with Crippen LogP contribution in [0.1, 0.15) is 0 Å². The van der Waals surface area contributed by atoms with Crippen molar-refractivity contribution in [3.05, 3.63) is 58.6 Å². The highest BCUT2D eigenvalue weighted by Crippen LogP contribution is 2.31. The zero-order valence-electron chi connectivity index (χ0n) is 9.24. The minimum atomic E-state index is -0.392. The number of fused-ring (bicyclic) bond motifs is 1. The van der Waals surface area contributed by atoms with Crippen LogP contribution in [-0.2, 0) is 0 Å². The van der Waals surface area contributed by atoms with Gasteiger partial charge in [0.1, 0.15) is 5.01 Å².